The molecule has 0 saturated carbocycles. The molecule has 7 nitrogen and oxygen atoms in total. The number of rotatable bonds is 5. The van der Waals surface area contributed by atoms with Gasteiger partial charge in [-0.3, -0.25) is 0 Å². The number of ether oxygens (including phenoxy) is 1. The summed E-state index contributed by atoms with van der Waals surface area (Å²) >= 11 is 0. The van der Waals surface area contributed by atoms with Gasteiger partial charge >= 0.3 is 6.09 Å². The normalized spacial score (nSPS) is 12.2. The molecule has 0 unspecified atom stereocenters. The fraction of sp³-hybridized carbons (Fsp3) is 0.500. The van der Waals surface area contributed by atoms with Gasteiger partial charge in [0, 0.05) is 11.9 Å². The van der Waals surface area contributed by atoms with Crippen LogP contribution < -0.4 is 10.5 Å². The van der Waals surface area contributed by atoms with Gasteiger partial charge in [-0.2, -0.15) is 0 Å². The first-order valence-corrected chi connectivity index (χ1v) is 6.99. The van der Waals surface area contributed by atoms with Crippen LogP contribution in [0.15, 0.2) is 18.3 Å². The Morgan fingerprint density at radius 1 is 1.56 bits per heavy atom. The zero-order valence-corrected chi connectivity index (χ0v) is 11.1. The standard InChI is InChI=1S/C10H17N3O4S/c1-10(2,7-18(11,15)16)17-9(14)13-6-8-4-3-5-12-8/h3-5,12H,6-7H2,1-2H3,(H,13,14)(H2,11,15,16). The molecular weight excluding hydrogens is 258 g/mol. The van der Waals surface area contributed by atoms with Crippen LogP contribution in [0.5, 0.6) is 0 Å². The van der Waals surface area contributed by atoms with Crippen LogP contribution in [-0.2, 0) is 21.3 Å². The molecule has 0 fully saturated rings. The first-order chi connectivity index (χ1) is 8.18. The summed E-state index contributed by atoms with van der Waals surface area (Å²) in [5.74, 6) is -0.435. The highest BCUT2D eigenvalue weighted by Crippen LogP contribution is 2.11. The number of nitrogens with two attached hydrogens (primary N) is 1. The van der Waals surface area contributed by atoms with Gasteiger partial charge in [0.25, 0.3) is 0 Å². The predicted molar refractivity (Wildman–Crippen MR) is 66.2 cm³/mol. The van der Waals surface area contributed by atoms with E-state index in [1.54, 1.807) is 18.3 Å². The number of carbonyl (C=O) groups excluding carboxylic acids is 1. The van der Waals surface area contributed by atoms with Crippen molar-refractivity contribution in [3.8, 4) is 0 Å². The molecule has 4 N–H and O–H groups in total. The van der Waals surface area contributed by atoms with E-state index in [2.05, 4.69) is 10.3 Å². The molecule has 0 aliphatic rings. The van der Waals surface area contributed by atoms with E-state index in [9.17, 15) is 13.2 Å². The van der Waals surface area contributed by atoms with Crippen molar-refractivity contribution in [1.29, 1.82) is 0 Å². The molecule has 1 heterocycles. The molecule has 1 aromatic heterocycles. The van der Waals surface area contributed by atoms with Crippen LogP contribution in [0.1, 0.15) is 19.5 Å². The molecule has 102 valence electrons. The van der Waals surface area contributed by atoms with Gasteiger partial charge in [-0.25, -0.2) is 18.4 Å². The lowest BCUT2D eigenvalue weighted by molar-refractivity contribution is 0.0545. The predicted octanol–water partition coefficient (Wildman–Crippen LogP) is 0.308. The minimum absolute atomic E-state index is 0.275. The second-order valence-electron chi connectivity index (χ2n) is 4.51. The lowest BCUT2D eigenvalue weighted by atomic mass is 10.2. The van der Waals surface area contributed by atoms with Gasteiger partial charge in [-0.15, -0.1) is 0 Å². The zero-order valence-electron chi connectivity index (χ0n) is 10.3. The Morgan fingerprint density at radius 3 is 2.72 bits per heavy atom. The first-order valence-electron chi connectivity index (χ1n) is 5.27. The number of hydrogen-bond acceptors (Lipinski definition) is 4. The van der Waals surface area contributed by atoms with Crippen molar-refractivity contribution >= 4 is 16.1 Å². The van der Waals surface area contributed by atoms with E-state index in [1.165, 1.54) is 13.8 Å². The molecule has 0 aliphatic heterocycles. The average Bonchev–Trinajstić information content (AvgIpc) is 2.61. The van der Waals surface area contributed by atoms with Crippen molar-refractivity contribution < 1.29 is 17.9 Å². The molecule has 0 radical (unpaired) electrons. The summed E-state index contributed by atoms with van der Waals surface area (Å²) in [5.41, 5.74) is -0.357. The van der Waals surface area contributed by atoms with Gasteiger partial charge in [0.05, 0.1) is 6.54 Å². The number of hydrogen-bond donors (Lipinski definition) is 3. The fourth-order valence-electron chi connectivity index (χ4n) is 1.45. The van der Waals surface area contributed by atoms with E-state index in [0.29, 0.717) is 0 Å². The van der Waals surface area contributed by atoms with Gasteiger partial charge in [-0.1, -0.05) is 0 Å². The molecule has 1 amide bonds. The Morgan fingerprint density at radius 2 is 2.22 bits per heavy atom. The molecule has 0 saturated heterocycles. The topological polar surface area (TPSA) is 114 Å². The van der Waals surface area contributed by atoms with Crippen LogP contribution in [0.25, 0.3) is 0 Å². The van der Waals surface area contributed by atoms with Gasteiger partial charge in [0.15, 0.2) is 0 Å². The highest BCUT2D eigenvalue weighted by Gasteiger charge is 2.28. The van der Waals surface area contributed by atoms with Crippen molar-refractivity contribution in [1.82, 2.24) is 10.3 Å². The van der Waals surface area contributed by atoms with Crippen LogP contribution >= 0.6 is 0 Å². The summed E-state index contributed by atoms with van der Waals surface area (Å²) in [5, 5.41) is 7.40. The van der Waals surface area contributed by atoms with Gasteiger partial charge in [0.2, 0.25) is 10.0 Å². The number of sulfonamides is 1. The smallest absolute Gasteiger partial charge is 0.408 e. The lowest BCUT2D eigenvalue weighted by Crippen LogP contribution is -2.41. The number of carbonyl (C=O) groups is 1. The SMILES string of the molecule is CC(C)(CS(N)(=O)=O)OC(=O)NCc1ccc[nH]1. The number of alkyl carbamates (subject to hydrolysis) is 1. The summed E-state index contributed by atoms with van der Waals surface area (Å²) in [7, 11) is -3.70. The second kappa shape index (κ2) is 5.40. The maximum Gasteiger partial charge on any atom is 0.408 e. The van der Waals surface area contributed by atoms with Crippen molar-refractivity contribution in [2.75, 3.05) is 5.75 Å². The quantitative estimate of drug-likeness (QED) is 0.717. The van der Waals surface area contributed by atoms with Crippen LogP contribution in [0.3, 0.4) is 0 Å². The maximum absolute atomic E-state index is 11.5. The van der Waals surface area contributed by atoms with E-state index in [4.69, 9.17) is 9.88 Å². The second-order valence-corrected chi connectivity index (χ2v) is 6.12. The van der Waals surface area contributed by atoms with E-state index in [0.717, 1.165) is 5.69 Å². The van der Waals surface area contributed by atoms with Gasteiger partial charge in [-0.05, 0) is 26.0 Å². The Bertz CT molecular complexity index is 493. The molecule has 18 heavy (non-hydrogen) atoms. The third kappa shape index (κ3) is 5.69. The van der Waals surface area contributed by atoms with Crippen molar-refractivity contribution in [2.45, 2.75) is 26.0 Å². The molecular formula is C10H17N3O4S. The molecule has 0 aromatic carbocycles. The van der Waals surface area contributed by atoms with Crippen LogP contribution in [0, 0.1) is 0 Å². The molecule has 0 atom stereocenters. The van der Waals surface area contributed by atoms with Crippen molar-refractivity contribution in [2.24, 2.45) is 5.14 Å². The molecule has 8 heteroatoms. The zero-order chi connectivity index (χ0) is 13.8. The summed E-state index contributed by atoms with van der Waals surface area (Å²) in [6, 6.07) is 3.60. The molecule has 0 bridgehead atoms. The monoisotopic (exact) mass is 275 g/mol. The Balaban J connectivity index is 2.44. The largest absolute Gasteiger partial charge is 0.442 e. The van der Waals surface area contributed by atoms with Crippen molar-refractivity contribution in [3.05, 3.63) is 24.0 Å². The van der Waals surface area contributed by atoms with Gasteiger partial charge in [0.1, 0.15) is 11.4 Å². The van der Waals surface area contributed by atoms with E-state index in [-0.39, 0.29) is 6.54 Å². The van der Waals surface area contributed by atoms with Crippen LogP contribution in [0.2, 0.25) is 0 Å². The third-order valence-electron chi connectivity index (χ3n) is 2.00. The number of nitrogens with one attached hydrogen (secondary N) is 2. The minimum Gasteiger partial charge on any atom is -0.442 e. The average molecular weight is 275 g/mol. The summed E-state index contributed by atoms with van der Waals surface area (Å²) < 4.78 is 26.9. The van der Waals surface area contributed by atoms with Crippen molar-refractivity contribution in [3.63, 3.8) is 0 Å². The van der Waals surface area contributed by atoms with Crippen LogP contribution in [0.4, 0.5) is 4.79 Å². The lowest BCUT2D eigenvalue weighted by Gasteiger charge is -2.23. The number of aromatic nitrogens is 1. The summed E-state index contributed by atoms with van der Waals surface area (Å²) in [6.45, 7) is 3.23. The first kappa shape index (κ1) is 14.5. The molecule has 0 aliphatic carbocycles. The molecule has 0 spiro atoms. The van der Waals surface area contributed by atoms with E-state index in [1.807, 2.05) is 0 Å². The Labute approximate surface area is 106 Å². The highest BCUT2D eigenvalue weighted by atomic mass is 32.2. The minimum atomic E-state index is -3.70. The molecule has 1 aromatic rings. The van der Waals surface area contributed by atoms with Gasteiger partial charge < -0.3 is 15.0 Å². The number of amides is 1. The Kier molecular flexibility index (Phi) is 4.36. The number of aromatic amines is 1. The highest BCUT2D eigenvalue weighted by molar-refractivity contribution is 7.89. The molecule has 1 rings (SSSR count). The van der Waals surface area contributed by atoms with Crippen LogP contribution in [-0.4, -0.2) is 30.8 Å². The Hall–Kier alpha value is -1.54. The maximum atomic E-state index is 11.5. The number of primary sulfonamides is 1. The third-order valence-corrected chi connectivity index (χ3v) is 3.10. The summed E-state index contributed by atoms with van der Waals surface area (Å²) in [6.07, 6.45) is 1.03. The van der Waals surface area contributed by atoms with E-state index < -0.39 is 27.5 Å². The number of H-pyrrole nitrogens is 1. The fourth-order valence-corrected chi connectivity index (χ4v) is 2.47. The summed E-state index contributed by atoms with van der Waals surface area (Å²) in [4.78, 5) is 14.4. The van der Waals surface area contributed by atoms with E-state index >= 15 is 0 Å².